The number of hydrogen-bond donors (Lipinski definition) is 1. The number of carbonyl (C=O) groups excluding carboxylic acids is 2. The molecule has 0 aromatic heterocycles. The number of hydrogen-bond acceptors (Lipinski definition) is 4. The number of rotatable bonds is 3. The van der Waals surface area contributed by atoms with E-state index in [1.54, 1.807) is 0 Å². The number of amides is 1. The third-order valence-electron chi connectivity index (χ3n) is 5.80. The van der Waals surface area contributed by atoms with Crippen molar-refractivity contribution in [2.75, 3.05) is 7.11 Å². The van der Waals surface area contributed by atoms with Gasteiger partial charge < -0.3 is 14.8 Å². The summed E-state index contributed by atoms with van der Waals surface area (Å²) in [5, 5.41) is 2.85. The van der Waals surface area contributed by atoms with E-state index in [1.807, 2.05) is 20.8 Å². The summed E-state index contributed by atoms with van der Waals surface area (Å²) in [5.74, 6) is 1.77. The minimum Gasteiger partial charge on any atom is -0.467 e. The van der Waals surface area contributed by atoms with E-state index in [0.29, 0.717) is 17.8 Å². The second-order valence-corrected chi connectivity index (χ2v) is 8.88. The molecule has 5 heteroatoms. The van der Waals surface area contributed by atoms with Crippen molar-refractivity contribution in [3.63, 3.8) is 0 Å². The van der Waals surface area contributed by atoms with Gasteiger partial charge in [0.1, 0.15) is 11.6 Å². The van der Waals surface area contributed by atoms with Crippen LogP contribution in [0.4, 0.5) is 4.79 Å². The van der Waals surface area contributed by atoms with Crippen molar-refractivity contribution >= 4 is 12.1 Å². The Balaban J connectivity index is 1.79. The fourth-order valence-corrected chi connectivity index (χ4v) is 5.54. The van der Waals surface area contributed by atoms with E-state index in [1.165, 1.54) is 26.4 Å². The Morgan fingerprint density at radius 3 is 1.91 bits per heavy atom. The maximum absolute atomic E-state index is 12.4. The number of ether oxygens (including phenoxy) is 2. The predicted octanol–water partition coefficient (Wildman–Crippen LogP) is 3.27. The summed E-state index contributed by atoms with van der Waals surface area (Å²) in [5.41, 5.74) is -0.717. The molecule has 4 saturated carbocycles. The fraction of sp³-hybridized carbons (Fsp3) is 0.889. The first-order valence-electron chi connectivity index (χ1n) is 8.78. The van der Waals surface area contributed by atoms with Crippen LogP contribution in [0.25, 0.3) is 0 Å². The van der Waals surface area contributed by atoms with E-state index in [2.05, 4.69) is 5.32 Å². The molecule has 1 N–H and O–H groups in total. The standard InChI is InChI=1S/C18H29NO4/c1-17(2,3)23-16(21)19-14(15(20)22-4)18-8-11-5-12(9-18)7-13(6-11)10-18/h11-14H,5-10H2,1-4H3,(H,19,21). The molecule has 4 aliphatic rings. The molecule has 0 saturated heterocycles. The predicted molar refractivity (Wildman–Crippen MR) is 85.8 cm³/mol. The monoisotopic (exact) mass is 323 g/mol. The molecule has 4 fully saturated rings. The van der Waals surface area contributed by atoms with E-state index in [-0.39, 0.29) is 11.4 Å². The average molecular weight is 323 g/mol. The second-order valence-electron chi connectivity index (χ2n) is 8.88. The first kappa shape index (κ1) is 16.6. The summed E-state index contributed by atoms with van der Waals surface area (Å²) in [7, 11) is 1.40. The minimum atomic E-state index is -0.587. The van der Waals surface area contributed by atoms with Gasteiger partial charge in [0.15, 0.2) is 0 Å². The summed E-state index contributed by atoms with van der Waals surface area (Å²) in [6.45, 7) is 5.47. The van der Waals surface area contributed by atoms with Crippen LogP contribution in [-0.4, -0.2) is 30.8 Å². The number of nitrogens with one attached hydrogen (secondary N) is 1. The van der Waals surface area contributed by atoms with Crippen LogP contribution in [-0.2, 0) is 14.3 Å². The third kappa shape index (κ3) is 3.33. The van der Waals surface area contributed by atoms with Crippen LogP contribution < -0.4 is 5.32 Å². The largest absolute Gasteiger partial charge is 0.467 e. The summed E-state index contributed by atoms with van der Waals surface area (Å²) in [6.07, 6.45) is 6.42. The van der Waals surface area contributed by atoms with Crippen molar-refractivity contribution in [3.8, 4) is 0 Å². The lowest BCUT2D eigenvalue weighted by molar-refractivity contribution is -0.154. The topological polar surface area (TPSA) is 64.6 Å². The second kappa shape index (κ2) is 5.67. The van der Waals surface area contributed by atoms with Gasteiger partial charge in [0.05, 0.1) is 7.11 Å². The van der Waals surface area contributed by atoms with Gasteiger partial charge in [-0.1, -0.05) is 0 Å². The minimum absolute atomic E-state index is 0.140. The Bertz CT molecular complexity index is 458. The normalized spacial score (nSPS) is 36.4. The quantitative estimate of drug-likeness (QED) is 0.810. The van der Waals surface area contributed by atoms with Crippen LogP contribution >= 0.6 is 0 Å². The van der Waals surface area contributed by atoms with Crippen LogP contribution in [0.3, 0.4) is 0 Å². The first-order valence-corrected chi connectivity index (χ1v) is 8.78. The van der Waals surface area contributed by atoms with E-state index in [9.17, 15) is 9.59 Å². The molecule has 5 nitrogen and oxygen atoms in total. The zero-order valence-corrected chi connectivity index (χ0v) is 14.7. The van der Waals surface area contributed by atoms with Crippen molar-refractivity contribution in [3.05, 3.63) is 0 Å². The van der Waals surface area contributed by atoms with Gasteiger partial charge in [-0.25, -0.2) is 9.59 Å². The first-order chi connectivity index (χ1) is 10.7. The highest BCUT2D eigenvalue weighted by atomic mass is 16.6. The van der Waals surface area contributed by atoms with Crippen LogP contribution in [0.5, 0.6) is 0 Å². The zero-order valence-electron chi connectivity index (χ0n) is 14.7. The van der Waals surface area contributed by atoms with Gasteiger partial charge in [-0.2, -0.15) is 0 Å². The van der Waals surface area contributed by atoms with Crippen molar-refractivity contribution in [2.24, 2.45) is 23.2 Å². The van der Waals surface area contributed by atoms with Gasteiger partial charge in [-0.15, -0.1) is 0 Å². The van der Waals surface area contributed by atoms with Gasteiger partial charge in [-0.3, -0.25) is 0 Å². The molecule has 1 unspecified atom stereocenters. The molecule has 4 rings (SSSR count). The van der Waals surface area contributed by atoms with E-state index >= 15 is 0 Å². The molecule has 1 amide bonds. The molecular weight excluding hydrogens is 294 g/mol. The highest BCUT2D eigenvalue weighted by Gasteiger charge is 2.57. The molecule has 0 spiro atoms. The molecule has 130 valence electrons. The zero-order chi connectivity index (χ0) is 16.8. The fourth-order valence-electron chi connectivity index (χ4n) is 5.54. The van der Waals surface area contributed by atoms with Crippen LogP contribution in [0.1, 0.15) is 59.3 Å². The summed E-state index contributed by atoms with van der Waals surface area (Å²) in [4.78, 5) is 24.7. The molecular formula is C18H29NO4. The van der Waals surface area contributed by atoms with Crippen LogP contribution in [0.15, 0.2) is 0 Å². The van der Waals surface area contributed by atoms with Crippen molar-refractivity contribution in [1.29, 1.82) is 0 Å². The Kier molecular flexibility index (Phi) is 4.09. The van der Waals surface area contributed by atoms with Gasteiger partial charge in [0.25, 0.3) is 0 Å². The number of alkyl carbamates (subject to hydrolysis) is 1. The van der Waals surface area contributed by atoms with Gasteiger partial charge >= 0.3 is 12.1 Å². The SMILES string of the molecule is COC(=O)C(NC(=O)OC(C)(C)C)C12CC3CC(CC(C3)C1)C2. The Morgan fingerprint density at radius 2 is 1.52 bits per heavy atom. The number of carbonyl (C=O) groups is 2. The summed E-state index contributed by atoms with van der Waals surface area (Å²) >= 11 is 0. The number of esters is 1. The molecule has 0 aliphatic heterocycles. The molecule has 1 atom stereocenters. The molecule has 23 heavy (non-hydrogen) atoms. The lowest BCUT2D eigenvalue weighted by Crippen LogP contribution is -2.60. The van der Waals surface area contributed by atoms with E-state index < -0.39 is 17.7 Å². The van der Waals surface area contributed by atoms with Crippen LogP contribution in [0.2, 0.25) is 0 Å². The Hall–Kier alpha value is -1.26. The van der Waals surface area contributed by atoms with Crippen LogP contribution in [0, 0.1) is 23.2 Å². The van der Waals surface area contributed by atoms with Crippen molar-refractivity contribution in [2.45, 2.75) is 70.9 Å². The molecule has 4 aliphatic carbocycles. The smallest absolute Gasteiger partial charge is 0.408 e. The van der Waals surface area contributed by atoms with Gasteiger partial charge in [0.2, 0.25) is 0 Å². The Morgan fingerprint density at radius 1 is 1.04 bits per heavy atom. The Labute approximate surface area is 138 Å². The van der Waals surface area contributed by atoms with Crippen molar-refractivity contribution in [1.82, 2.24) is 5.32 Å². The highest BCUT2D eigenvalue weighted by molar-refractivity contribution is 5.82. The van der Waals surface area contributed by atoms with Gasteiger partial charge in [0, 0.05) is 5.41 Å². The third-order valence-corrected chi connectivity index (χ3v) is 5.80. The highest BCUT2D eigenvalue weighted by Crippen LogP contribution is 2.61. The maximum Gasteiger partial charge on any atom is 0.408 e. The molecule has 0 aromatic rings. The molecule has 0 aromatic carbocycles. The average Bonchev–Trinajstić information content (AvgIpc) is 2.40. The summed E-state index contributed by atoms with van der Waals surface area (Å²) < 4.78 is 10.4. The number of methoxy groups -OCH3 is 1. The lowest BCUT2D eigenvalue weighted by atomic mass is 9.47. The lowest BCUT2D eigenvalue weighted by Gasteiger charge is -2.58. The summed E-state index contributed by atoms with van der Waals surface area (Å²) in [6, 6.07) is -0.587. The van der Waals surface area contributed by atoms with Gasteiger partial charge in [-0.05, 0) is 77.0 Å². The molecule has 0 radical (unpaired) electrons. The maximum atomic E-state index is 12.4. The van der Waals surface area contributed by atoms with E-state index in [4.69, 9.17) is 9.47 Å². The van der Waals surface area contributed by atoms with Crippen molar-refractivity contribution < 1.29 is 19.1 Å². The molecule has 4 bridgehead atoms. The van der Waals surface area contributed by atoms with E-state index in [0.717, 1.165) is 19.3 Å². The molecule has 0 heterocycles.